The molecule has 8 heteroatoms. The van der Waals surface area contributed by atoms with E-state index in [1.165, 1.54) is 40.6 Å². The van der Waals surface area contributed by atoms with Crippen molar-refractivity contribution in [2.24, 2.45) is 0 Å². The van der Waals surface area contributed by atoms with Crippen LogP contribution in [0.1, 0.15) is 84.7 Å². The number of carbonyl (C=O) groups is 4. The van der Waals surface area contributed by atoms with Gasteiger partial charge in [-0.25, -0.2) is 19.2 Å². The van der Waals surface area contributed by atoms with Crippen molar-refractivity contribution in [3.05, 3.63) is 69.8 Å². The lowest BCUT2D eigenvalue weighted by Crippen LogP contribution is -2.08. The van der Waals surface area contributed by atoms with Gasteiger partial charge in [-0.3, -0.25) is 0 Å². The molecule has 0 aliphatic carbocycles. The van der Waals surface area contributed by atoms with E-state index in [1.807, 2.05) is 0 Å². The van der Waals surface area contributed by atoms with E-state index in [1.54, 1.807) is 24.3 Å². The fraction of sp³-hybridized carbons (Fsp3) is 0.407. The van der Waals surface area contributed by atoms with Gasteiger partial charge in [-0.05, 0) is 73.2 Å². The minimum atomic E-state index is -0.497. The van der Waals surface area contributed by atoms with Gasteiger partial charge in [-0.2, -0.15) is 0 Å². The molecule has 2 aromatic carbocycles. The highest BCUT2D eigenvalue weighted by Gasteiger charge is 2.15. The topological polar surface area (TPSA) is 105 Å². The number of ether oxygens (including phenoxy) is 4. The summed E-state index contributed by atoms with van der Waals surface area (Å²) in [5.41, 5.74) is 3.06. The Hall–Kier alpha value is -3.68. The van der Waals surface area contributed by atoms with Crippen LogP contribution in [0.15, 0.2) is 36.4 Å². The van der Waals surface area contributed by atoms with E-state index in [4.69, 9.17) is 18.9 Å². The summed E-state index contributed by atoms with van der Waals surface area (Å²) in [6, 6.07) is 9.91. The molecule has 35 heavy (non-hydrogen) atoms. The largest absolute Gasteiger partial charge is 0.465 e. The number of rotatable bonds is 12. The third kappa shape index (κ3) is 8.24. The van der Waals surface area contributed by atoms with Gasteiger partial charge in [0.15, 0.2) is 0 Å². The van der Waals surface area contributed by atoms with Crippen molar-refractivity contribution in [2.75, 3.05) is 28.4 Å². The second-order valence-corrected chi connectivity index (χ2v) is 8.07. The Morgan fingerprint density at radius 2 is 0.714 bits per heavy atom. The van der Waals surface area contributed by atoms with Gasteiger partial charge >= 0.3 is 23.9 Å². The minimum absolute atomic E-state index is 0.325. The molecular formula is C27H32O8. The molecule has 0 fully saturated rings. The first kappa shape index (κ1) is 27.6. The van der Waals surface area contributed by atoms with E-state index in [2.05, 4.69) is 0 Å². The van der Waals surface area contributed by atoms with Gasteiger partial charge in [0.1, 0.15) is 0 Å². The molecule has 8 nitrogen and oxygen atoms in total. The van der Waals surface area contributed by atoms with Crippen molar-refractivity contribution in [1.29, 1.82) is 0 Å². The smallest absolute Gasteiger partial charge is 0.337 e. The summed E-state index contributed by atoms with van der Waals surface area (Å²) in [5.74, 6) is -1.99. The predicted molar refractivity (Wildman–Crippen MR) is 129 cm³/mol. The molecule has 2 rings (SSSR count). The molecule has 0 spiro atoms. The fourth-order valence-electron chi connectivity index (χ4n) is 3.80. The van der Waals surface area contributed by atoms with E-state index in [-0.39, 0.29) is 0 Å². The average Bonchev–Trinajstić information content (AvgIpc) is 2.90. The summed E-state index contributed by atoms with van der Waals surface area (Å²) in [4.78, 5) is 47.7. The zero-order chi connectivity index (χ0) is 25.8. The Morgan fingerprint density at radius 3 is 0.971 bits per heavy atom. The van der Waals surface area contributed by atoms with Gasteiger partial charge < -0.3 is 18.9 Å². The highest BCUT2D eigenvalue weighted by molar-refractivity contribution is 5.96. The lowest BCUT2D eigenvalue weighted by molar-refractivity contribution is 0.0581. The molecule has 0 saturated carbocycles. The van der Waals surface area contributed by atoms with Crippen molar-refractivity contribution in [1.82, 2.24) is 0 Å². The third-order valence-electron chi connectivity index (χ3n) is 5.60. The molecule has 188 valence electrons. The van der Waals surface area contributed by atoms with Gasteiger partial charge in [-0.1, -0.05) is 19.3 Å². The Kier molecular flexibility index (Phi) is 10.9. The van der Waals surface area contributed by atoms with Gasteiger partial charge in [0.25, 0.3) is 0 Å². The van der Waals surface area contributed by atoms with E-state index in [0.29, 0.717) is 22.3 Å². The number of carbonyl (C=O) groups excluding carboxylic acids is 4. The Labute approximate surface area is 205 Å². The maximum atomic E-state index is 11.9. The first-order valence-corrected chi connectivity index (χ1v) is 11.4. The number of hydrogen-bond acceptors (Lipinski definition) is 8. The summed E-state index contributed by atoms with van der Waals surface area (Å²) in [5, 5.41) is 0. The summed E-state index contributed by atoms with van der Waals surface area (Å²) in [6.45, 7) is 0. The molecule has 0 atom stereocenters. The average molecular weight is 485 g/mol. The molecule has 0 radical (unpaired) electrons. The fourth-order valence-corrected chi connectivity index (χ4v) is 3.80. The van der Waals surface area contributed by atoms with Crippen LogP contribution in [0.2, 0.25) is 0 Å². The molecule has 0 aliphatic rings. The van der Waals surface area contributed by atoms with E-state index >= 15 is 0 Å². The van der Waals surface area contributed by atoms with Crippen LogP contribution in [0.5, 0.6) is 0 Å². The predicted octanol–water partition coefficient (Wildman–Crippen LogP) is 4.57. The van der Waals surface area contributed by atoms with E-state index in [9.17, 15) is 19.2 Å². The number of esters is 4. The molecule has 0 heterocycles. The first-order valence-electron chi connectivity index (χ1n) is 11.4. The van der Waals surface area contributed by atoms with Crippen molar-refractivity contribution in [3.63, 3.8) is 0 Å². The Morgan fingerprint density at radius 1 is 0.457 bits per heavy atom. The van der Waals surface area contributed by atoms with Crippen molar-refractivity contribution in [2.45, 2.75) is 44.9 Å². The minimum Gasteiger partial charge on any atom is -0.465 e. The highest BCUT2D eigenvalue weighted by Crippen LogP contribution is 2.18. The third-order valence-corrected chi connectivity index (χ3v) is 5.60. The Bertz CT molecular complexity index is 905. The number of hydrogen-bond donors (Lipinski definition) is 0. The maximum absolute atomic E-state index is 11.9. The summed E-state index contributed by atoms with van der Waals surface area (Å²) >= 11 is 0. The maximum Gasteiger partial charge on any atom is 0.337 e. The zero-order valence-electron chi connectivity index (χ0n) is 20.7. The Balaban J connectivity index is 1.87. The molecule has 2 aromatic rings. The van der Waals surface area contributed by atoms with Gasteiger partial charge in [0.2, 0.25) is 0 Å². The standard InChI is InChI=1S/C27H32O8/c1-32-24(28)20-12-18(13-21(16-20)25(29)33-2)10-8-6-5-7-9-11-19-14-22(26(30)34-3)17-23(15-19)27(31)35-4/h12-17H,5-11H2,1-4H3. The summed E-state index contributed by atoms with van der Waals surface area (Å²) in [7, 11) is 5.20. The van der Waals surface area contributed by atoms with Crippen molar-refractivity contribution >= 4 is 23.9 Å². The highest BCUT2D eigenvalue weighted by atomic mass is 16.5. The number of methoxy groups -OCH3 is 4. The van der Waals surface area contributed by atoms with Gasteiger partial charge in [0.05, 0.1) is 50.7 Å². The number of benzene rings is 2. The molecule has 0 saturated heterocycles. The second-order valence-electron chi connectivity index (χ2n) is 8.07. The lowest BCUT2D eigenvalue weighted by atomic mass is 9.98. The van der Waals surface area contributed by atoms with Crippen LogP contribution in [0.4, 0.5) is 0 Å². The summed E-state index contributed by atoms with van der Waals surface area (Å²) < 4.78 is 19.1. The quantitative estimate of drug-likeness (QED) is 0.245. The molecule has 0 unspecified atom stereocenters. The van der Waals surface area contributed by atoms with Crippen molar-refractivity contribution in [3.8, 4) is 0 Å². The molecule has 0 bridgehead atoms. The van der Waals surface area contributed by atoms with Crippen LogP contribution in [-0.4, -0.2) is 52.3 Å². The van der Waals surface area contributed by atoms with Crippen LogP contribution in [0.25, 0.3) is 0 Å². The van der Waals surface area contributed by atoms with E-state index < -0.39 is 23.9 Å². The van der Waals surface area contributed by atoms with Crippen LogP contribution in [-0.2, 0) is 31.8 Å². The van der Waals surface area contributed by atoms with Crippen LogP contribution in [0, 0.1) is 0 Å². The van der Waals surface area contributed by atoms with Gasteiger partial charge in [0, 0.05) is 0 Å². The molecule has 0 N–H and O–H groups in total. The SMILES string of the molecule is COC(=O)c1cc(CCCCCCCc2cc(C(=O)OC)cc(C(=O)OC)c2)cc(C(=O)OC)c1. The van der Waals surface area contributed by atoms with Crippen LogP contribution < -0.4 is 0 Å². The molecule has 0 amide bonds. The lowest BCUT2D eigenvalue weighted by Gasteiger charge is -2.09. The monoisotopic (exact) mass is 484 g/mol. The van der Waals surface area contributed by atoms with E-state index in [0.717, 1.165) is 56.1 Å². The summed E-state index contributed by atoms with van der Waals surface area (Å²) in [6.07, 6.45) is 6.19. The van der Waals surface area contributed by atoms with Crippen LogP contribution in [0.3, 0.4) is 0 Å². The molecule has 0 aromatic heterocycles. The van der Waals surface area contributed by atoms with Gasteiger partial charge in [-0.15, -0.1) is 0 Å². The normalized spacial score (nSPS) is 10.4. The zero-order valence-corrected chi connectivity index (χ0v) is 20.7. The van der Waals surface area contributed by atoms with Crippen LogP contribution >= 0.6 is 0 Å². The first-order chi connectivity index (χ1) is 16.8. The second kappa shape index (κ2) is 13.9. The van der Waals surface area contributed by atoms with Crippen molar-refractivity contribution < 1.29 is 38.1 Å². The number of aryl methyl sites for hydroxylation is 2. The molecule has 0 aliphatic heterocycles. The number of unbranched alkanes of at least 4 members (excludes halogenated alkanes) is 4. The molecular weight excluding hydrogens is 452 g/mol.